The molecule has 0 saturated carbocycles. The summed E-state index contributed by atoms with van der Waals surface area (Å²) in [5, 5.41) is 2.58. The molecule has 0 aliphatic carbocycles. The monoisotopic (exact) mass is 781 g/mol. The smallest absolute Gasteiger partial charge is 0.435 e. The fourth-order valence-corrected chi connectivity index (χ4v) is 5.29. The van der Waals surface area contributed by atoms with Gasteiger partial charge in [-0.15, -0.1) is 0 Å². The predicted octanol–water partition coefficient (Wildman–Crippen LogP) is 8.78. The summed E-state index contributed by atoms with van der Waals surface area (Å²) in [7, 11) is 0. The third-order valence-corrected chi connectivity index (χ3v) is 7.25. The highest BCUT2D eigenvalue weighted by Gasteiger charge is 2.73. The Balaban J connectivity index is 2.39. The van der Waals surface area contributed by atoms with Crippen LogP contribution in [0.4, 0.5) is 40.8 Å². The Kier molecular flexibility index (Phi) is 11.6. The van der Waals surface area contributed by atoms with Gasteiger partial charge < -0.3 is 14.8 Å². The van der Waals surface area contributed by atoms with Gasteiger partial charge >= 0.3 is 30.0 Å². The molecule has 250 valence electrons. The first-order valence-corrected chi connectivity index (χ1v) is 14.6. The predicted molar refractivity (Wildman–Crippen MR) is 155 cm³/mol. The third kappa shape index (κ3) is 9.39. The van der Waals surface area contributed by atoms with Crippen molar-refractivity contribution in [2.75, 3.05) is 11.9 Å². The zero-order valence-electron chi connectivity index (χ0n) is 24.7. The minimum atomic E-state index is -6.36. The lowest BCUT2D eigenvalue weighted by atomic mass is 9.92. The van der Waals surface area contributed by atoms with Gasteiger partial charge in [-0.3, -0.25) is 14.4 Å². The summed E-state index contributed by atoms with van der Waals surface area (Å²) in [6.07, 6.45) is -13.5. The molecule has 2 aromatic carbocycles. The molecule has 0 aliphatic rings. The van der Waals surface area contributed by atoms with Gasteiger partial charge in [-0.2, -0.15) is 26.3 Å². The number of carbonyl (C=O) groups is 3. The molecule has 0 aliphatic heterocycles. The molecule has 0 radical (unpaired) electrons. The maximum absolute atomic E-state index is 15.5. The van der Waals surface area contributed by atoms with E-state index in [2.05, 4.69) is 37.2 Å². The lowest BCUT2D eigenvalue weighted by molar-refractivity contribution is -0.348. The first kappa shape index (κ1) is 38.4. The molecule has 0 saturated heterocycles. The van der Waals surface area contributed by atoms with Gasteiger partial charge in [0.15, 0.2) is 17.5 Å². The molecule has 0 fully saturated rings. The van der Waals surface area contributed by atoms with Gasteiger partial charge in [0.1, 0.15) is 11.2 Å². The van der Waals surface area contributed by atoms with Gasteiger partial charge in [0, 0.05) is 27.5 Å². The standard InChI is InChI=1S/C29H29Br2F8NO5/c1-25(2,3)44-23(42)17(24(43)45-26(4,5)6)13-40-20-9-7-8-15(22(20)32)21(41)12-16-18(30)10-14(11-19(16)31)27(33,28(34,35)36)29(37,38)39/h7-11,17,40H,12-13H2,1-6H3. The lowest BCUT2D eigenvalue weighted by Crippen LogP contribution is -2.50. The molecule has 0 aromatic heterocycles. The molecule has 0 amide bonds. The van der Waals surface area contributed by atoms with E-state index in [0.717, 1.165) is 6.07 Å². The Morgan fingerprint density at radius 2 is 1.24 bits per heavy atom. The Morgan fingerprint density at radius 3 is 1.64 bits per heavy atom. The summed E-state index contributed by atoms with van der Waals surface area (Å²) >= 11 is 5.58. The number of hydrogen-bond acceptors (Lipinski definition) is 6. The Labute approximate surface area is 270 Å². The van der Waals surface area contributed by atoms with Crippen molar-refractivity contribution in [3.8, 4) is 0 Å². The largest absolute Gasteiger partial charge is 0.459 e. The average Bonchev–Trinajstić information content (AvgIpc) is 2.82. The SMILES string of the molecule is CC(C)(C)OC(=O)C(CNc1cccc(C(=O)Cc2c(Br)cc(C(F)(C(F)(F)F)C(F)(F)F)cc2Br)c1F)C(=O)OC(C)(C)C. The van der Waals surface area contributed by atoms with Crippen molar-refractivity contribution in [1.82, 2.24) is 0 Å². The average molecular weight is 783 g/mol. The van der Waals surface area contributed by atoms with Crippen molar-refractivity contribution < 1.29 is 59.0 Å². The number of rotatable bonds is 9. The summed E-state index contributed by atoms with van der Waals surface area (Å²) in [5.74, 6) is -5.54. The lowest BCUT2D eigenvalue weighted by Gasteiger charge is -2.31. The van der Waals surface area contributed by atoms with Gasteiger partial charge in [-0.25, -0.2) is 8.78 Å². The number of Topliss-reactive ketones (excluding diaryl/α,β-unsaturated/α-hetero) is 1. The summed E-state index contributed by atoms with van der Waals surface area (Å²) in [5.41, 5.74) is -10.5. The van der Waals surface area contributed by atoms with E-state index in [1.807, 2.05) is 0 Å². The summed E-state index contributed by atoms with van der Waals surface area (Å²) in [4.78, 5) is 38.6. The fraction of sp³-hybridized carbons (Fsp3) is 0.483. The zero-order valence-corrected chi connectivity index (χ0v) is 27.9. The number of carbonyl (C=O) groups excluding carboxylic acids is 3. The van der Waals surface area contributed by atoms with Gasteiger partial charge in [-0.05, 0) is 71.4 Å². The first-order valence-electron chi connectivity index (χ1n) is 13.0. The van der Waals surface area contributed by atoms with Gasteiger partial charge in [0.25, 0.3) is 0 Å². The van der Waals surface area contributed by atoms with E-state index in [0.29, 0.717) is 0 Å². The molecule has 0 unspecified atom stereocenters. The Hall–Kier alpha value is -2.75. The second-order valence-electron chi connectivity index (χ2n) is 11.8. The molecular weight excluding hydrogens is 754 g/mol. The van der Waals surface area contributed by atoms with E-state index in [-0.39, 0.29) is 23.4 Å². The molecule has 0 bridgehead atoms. The van der Waals surface area contributed by atoms with E-state index < -0.39 is 91.7 Å². The van der Waals surface area contributed by atoms with Crippen LogP contribution in [0.2, 0.25) is 0 Å². The highest BCUT2D eigenvalue weighted by Crippen LogP contribution is 2.54. The minimum absolute atomic E-state index is 0.192. The van der Waals surface area contributed by atoms with Crippen molar-refractivity contribution in [1.29, 1.82) is 0 Å². The van der Waals surface area contributed by atoms with Crippen LogP contribution in [0.3, 0.4) is 0 Å². The van der Waals surface area contributed by atoms with Crippen molar-refractivity contribution in [3.63, 3.8) is 0 Å². The molecule has 45 heavy (non-hydrogen) atoms. The van der Waals surface area contributed by atoms with Gasteiger partial charge in [0.2, 0.25) is 0 Å². The quantitative estimate of drug-likeness (QED) is 0.119. The van der Waals surface area contributed by atoms with Crippen LogP contribution < -0.4 is 5.32 Å². The van der Waals surface area contributed by atoms with E-state index >= 15 is 4.39 Å². The van der Waals surface area contributed by atoms with E-state index in [9.17, 15) is 45.1 Å². The molecule has 2 rings (SSSR count). The van der Waals surface area contributed by atoms with Crippen LogP contribution in [0.1, 0.15) is 63.0 Å². The van der Waals surface area contributed by atoms with Crippen molar-refractivity contribution in [3.05, 3.63) is 61.8 Å². The van der Waals surface area contributed by atoms with Crippen LogP contribution in [-0.4, -0.2) is 47.8 Å². The van der Waals surface area contributed by atoms with Crippen LogP contribution in [0.5, 0.6) is 0 Å². The molecule has 0 atom stereocenters. The van der Waals surface area contributed by atoms with E-state index in [1.54, 1.807) is 41.5 Å². The minimum Gasteiger partial charge on any atom is -0.459 e. The molecule has 6 nitrogen and oxygen atoms in total. The fourth-order valence-electron chi connectivity index (χ4n) is 3.82. The number of alkyl halides is 7. The van der Waals surface area contributed by atoms with Crippen LogP contribution in [-0.2, 0) is 31.2 Å². The first-order chi connectivity index (χ1) is 20.2. The summed E-state index contributed by atoms with van der Waals surface area (Å²) in [6.45, 7) is 8.94. The Bertz CT molecular complexity index is 1380. The maximum atomic E-state index is 15.5. The second-order valence-corrected chi connectivity index (χ2v) is 13.5. The molecule has 1 N–H and O–H groups in total. The number of benzene rings is 2. The molecule has 0 heterocycles. The third-order valence-electron chi connectivity index (χ3n) is 5.84. The summed E-state index contributed by atoms with van der Waals surface area (Å²) < 4.78 is 119. The van der Waals surface area contributed by atoms with Crippen molar-refractivity contribution in [2.45, 2.75) is 77.2 Å². The van der Waals surface area contributed by atoms with Crippen molar-refractivity contribution >= 4 is 55.3 Å². The van der Waals surface area contributed by atoms with Gasteiger partial charge in [0.05, 0.1) is 11.3 Å². The molecular formula is C29H29Br2F8NO5. The number of halogens is 10. The maximum Gasteiger partial charge on any atom is 0.435 e. The second kappa shape index (κ2) is 13.5. The van der Waals surface area contributed by atoms with Crippen LogP contribution in [0, 0.1) is 11.7 Å². The van der Waals surface area contributed by atoms with E-state index in [1.165, 1.54) is 12.1 Å². The molecule has 16 heteroatoms. The number of nitrogens with one attached hydrogen (secondary N) is 1. The van der Waals surface area contributed by atoms with Crippen LogP contribution >= 0.6 is 31.9 Å². The normalized spacial score (nSPS) is 13.1. The molecule has 2 aromatic rings. The number of hydrogen-bond donors (Lipinski definition) is 1. The van der Waals surface area contributed by atoms with Crippen LogP contribution in [0.25, 0.3) is 0 Å². The summed E-state index contributed by atoms with van der Waals surface area (Å²) in [6, 6.07) is 4.01. The van der Waals surface area contributed by atoms with Gasteiger partial charge in [-0.1, -0.05) is 37.9 Å². The number of anilines is 1. The van der Waals surface area contributed by atoms with Crippen molar-refractivity contribution in [2.24, 2.45) is 5.92 Å². The zero-order chi connectivity index (χ0) is 34.9. The number of ketones is 1. The van der Waals surface area contributed by atoms with Crippen LogP contribution in [0.15, 0.2) is 39.3 Å². The topological polar surface area (TPSA) is 81.7 Å². The Morgan fingerprint density at radius 1 is 0.800 bits per heavy atom. The number of ether oxygens (including phenoxy) is 2. The highest BCUT2D eigenvalue weighted by molar-refractivity contribution is 9.11. The van der Waals surface area contributed by atoms with E-state index in [4.69, 9.17) is 9.47 Å². The number of esters is 2. The highest BCUT2D eigenvalue weighted by atomic mass is 79.9. The molecule has 0 spiro atoms.